The van der Waals surface area contributed by atoms with E-state index in [0.717, 1.165) is 53.2 Å². The first-order valence-corrected chi connectivity index (χ1v) is 9.84. The van der Waals surface area contributed by atoms with Gasteiger partial charge in [-0.25, -0.2) is 0 Å². The number of hydrogen-bond donors (Lipinski definition) is 2. The van der Waals surface area contributed by atoms with Gasteiger partial charge in [0.15, 0.2) is 0 Å². The van der Waals surface area contributed by atoms with Crippen molar-refractivity contribution >= 4 is 34.6 Å². The fourth-order valence-corrected chi connectivity index (χ4v) is 3.91. The van der Waals surface area contributed by atoms with Crippen LogP contribution in [0.4, 0.5) is 11.4 Å². The highest BCUT2D eigenvalue weighted by molar-refractivity contribution is 6.35. The molecule has 0 saturated carbocycles. The minimum atomic E-state index is 0.161. The van der Waals surface area contributed by atoms with Crippen LogP contribution in [0.3, 0.4) is 0 Å². The van der Waals surface area contributed by atoms with E-state index in [9.17, 15) is 0 Å². The fraction of sp³-hybridized carbons (Fsp3) is 0.227. The van der Waals surface area contributed by atoms with Gasteiger partial charge >= 0.3 is 0 Å². The maximum atomic E-state index is 9.07. The highest BCUT2D eigenvalue weighted by Gasteiger charge is 2.19. The van der Waals surface area contributed by atoms with Crippen LogP contribution in [0.2, 0.25) is 10.0 Å². The molecule has 2 aromatic carbocycles. The predicted octanol–water partition coefficient (Wildman–Crippen LogP) is 5.82. The molecule has 5 heteroatoms. The summed E-state index contributed by atoms with van der Waals surface area (Å²) in [5.41, 5.74) is 7.29. The Bertz CT molecular complexity index is 971. The van der Waals surface area contributed by atoms with Crippen LogP contribution in [0.15, 0.2) is 48.5 Å². The average molecular weight is 399 g/mol. The molecule has 1 aliphatic carbocycles. The Morgan fingerprint density at radius 1 is 1.00 bits per heavy atom. The van der Waals surface area contributed by atoms with Gasteiger partial charge < -0.3 is 10.4 Å². The molecule has 4 rings (SSSR count). The van der Waals surface area contributed by atoms with Crippen molar-refractivity contribution in [1.82, 2.24) is 4.98 Å². The van der Waals surface area contributed by atoms with Gasteiger partial charge in [-0.1, -0.05) is 35.3 Å². The molecule has 3 aromatic rings. The van der Waals surface area contributed by atoms with Gasteiger partial charge in [-0.05, 0) is 73.2 Å². The van der Waals surface area contributed by atoms with Crippen molar-refractivity contribution in [1.29, 1.82) is 0 Å². The standard InChI is InChI=1S/C22H20Cl2N2O/c23-15-6-9-19(24)18(12-15)22-13-21(17-2-1-3-20(17)26-22)25-16-7-4-14(5-8-16)10-11-27/h4-9,12-13,27H,1-3,10-11H2,(H,25,26). The minimum absolute atomic E-state index is 0.161. The lowest BCUT2D eigenvalue weighted by Gasteiger charge is -2.15. The van der Waals surface area contributed by atoms with Gasteiger partial charge in [0.25, 0.3) is 0 Å². The lowest BCUT2D eigenvalue weighted by molar-refractivity contribution is 0.299. The van der Waals surface area contributed by atoms with Crippen molar-refractivity contribution in [2.24, 2.45) is 0 Å². The van der Waals surface area contributed by atoms with Crippen molar-refractivity contribution in [3.63, 3.8) is 0 Å². The third-order valence-electron chi connectivity index (χ3n) is 4.89. The summed E-state index contributed by atoms with van der Waals surface area (Å²) >= 11 is 12.6. The molecule has 0 saturated heterocycles. The van der Waals surface area contributed by atoms with Gasteiger partial charge in [0.05, 0.1) is 10.7 Å². The van der Waals surface area contributed by atoms with Crippen LogP contribution < -0.4 is 5.32 Å². The zero-order valence-electron chi connectivity index (χ0n) is 14.8. The summed E-state index contributed by atoms with van der Waals surface area (Å²) in [5.74, 6) is 0. The van der Waals surface area contributed by atoms with Crippen molar-refractivity contribution in [2.45, 2.75) is 25.7 Å². The summed E-state index contributed by atoms with van der Waals surface area (Å²) in [6, 6.07) is 15.7. The van der Waals surface area contributed by atoms with Crippen LogP contribution in [-0.4, -0.2) is 16.7 Å². The molecule has 0 atom stereocenters. The maximum Gasteiger partial charge on any atom is 0.0741 e. The highest BCUT2D eigenvalue weighted by Crippen LogP contribution is 2.36. The normalized spacial score (nSPS) is 12.9. The summed E-state index contributed by atoms with van der Waals surface area (Å²) in [4.78, 5) is 4.86. The van der Waals surface area contributed by atoms with Crippen molar-refractivity contribution in [3.05, 3.63) is 75.4 Å². The quantitative estimate of drug-likeness (QED) is 0.568. The molecule has 0 spiro atoms. The molecule has 3 nitrogen and oxygen atoms in total. The number of aromatic nitrogens is 1. The molecule has 2 N–H and O–H groups in total. The number of nitrogens with one attached hydrogen (secondary N) is 1. The van der Waals surface area contributed by atoms with E-state index < -0.39 is 0 Å². The van der Waals surface area contributed by atoms with Crippen LogP contribution in [0.1, 0.15) is 23.2 Å². The van der Waals surface area contributed by atoms with E-state index in [2.05, 4.69) is 11.4 Å². The van der Waals surface area contributed by atoms with Crippen molar-refractivity contribution in [2.75, 3.05) is 11.9 Å². The van der Waals surface area contributed by atoms with Crippen molar-refractivity contribution < 1.29 is 5.11 Å². The van der Waals surface area contributed by atoms with Gasteiger partial charge in [-0.3, -0.25) is 4.98 Å². The lowest BCUT2D eigenvalue weighted by Crippen LogP contribution is -2.00. The molecule has 0 radical (unpaired) electrons. The van der Waals surface area contributed by atoms with E-state index in [1.54, 1.807) is 12.1 Å². The summed E-state index contributed by atoms with van der Waals surface area (Å²) in [6.45, 7) is 0.161. The molecular weight excluding hydrogens is 379 g/mol. The Morgan fingerprint density at radius 3 is 2.59 bits per heavy atom. The molecule has 1 heterocycles. The largest absolute Gasteiger partial charge is 0.396 e. The smallest absolute Gasteiger partial charge is 0.0741 e. The number of aliphatic hydroxyl groups excluding tert-OH is 1. The second-order valence-corrected chi connectivity index (χ2v) is 7.60. The van der Waals surface area contributed by atoms with E-state index in [1.807, 2.05) is 30.3 Å². The highest BCUT2D eigenvalue weighted by atomic mass is 35.5. The Hall–Kier alpha value is -2.07. The maximum absolute atomic E-state index is 9.07. The topological polar surface area (TPSA) is 45.1 Å². The predicted molar refractivity (Wildman–Crippen MR) is 112 cm³/mol. The van der Waals surface area contributed by atoms with Gasteiger partial charge in [0.1, 0.15) is 0 Å². The van der Waals surface area contributed by atoms with Crippen LogP contribution in [0.25, 0.3) is 11.3 Å². The number of aliphatic hydroxyl groups is 1. The second-order valence-electron chi connectivity index (χ2n) is 6.75. The van der Waals surface area contributed by atoms with E-state index in [0.29, 0.717) is 16.5 Å². The monoisotopic (exact) mass is 398 g/mol. The van der Waals surface area contributed by atoms with E-state index >= 15 is 0 Å². The summed E-state index contributed by atoms with van der Waals surface area (Å²) in [5, 5.41) is 13.9. The number of benzene rings is 2. The number of halogens is 2. The number of fused-ring (bicyclic) bond motifs is 1. The number of anilines is 2. The van der Waals surface area contributed by atoms with E-state index in [4.69, 9.17) is 33.3 Å². The zero-order chi connectivity index (χ0) is 18.8. The number of nitrogens with zero attached hydrogens (tertiary/aromatic N) is 1. The second kappa shape index (κ2) is 7.89. The van der Waals surface area contributed by atoms with Gasteiger partial charge in [0.2, 0.25) is 0 Å². The van der Waals surface area contributed by atoms with Gasteiger partial charge in [0, 0.05) is 34.3 Å². The summed E-state index contributed by atoms with van der Waals surface area (Å²) in [6.07, 6.45) is 3.78. The Labute approximate surface area is 169 Å². The third-order valence-corrected chi connectivity index (χ3v) is 5.45. The lowest BCUT2D eigenvalue weighted by atomic mass is 10.1. The van der Waals surface area contributed by atoms with E-state index in [1.165, 1.54) is 5.56 Å². The molecule has 1 aromatic heterocycles. The number of pyridine rings is 1. The third kappa shape index (κ3) is 3.96. The average Bonchev–Trinajstić information content (AvgIpc) is 3.14. The molecule has 0 amide bonds. The first-order chi connectivity index (χ1) is 13.1. The first kappa shape index (κ1) is 18.3. The Kier molecular flexibility index (Phi) is 5.35. The molecule has 0 bridgehead atoms. The van der Waals surface area contributed by atoms with Crippen LogP contribution >= 0.6 is 23.2 Å². The SMILES string of the molecule is OCCc1ccc(Nc2cc(-c3cc(Cl)ccc3Cl)nc3c2CCC3)cc1. The van der Waals surface area contributed by atoms with Crippen LogP contribution in [-0.2, 0) is 19.3 Å². The molecule has 1 aliphatic rings. The Balaban J connectivity index is 1.72. The van der Waals surface area contributed by atoms with Crippen LogP contribution in [0, 0.1) is 0 Å². The summed E-state index contributed by atoms with van der Waals surface area (Å²) < 4.78 is 0. The number of aryl methyl sites for hydroxylation is 1. The van der Waals surface area contributed by atoms with E-state index in [-0.39, 0.29) is 6.61 Å². The first-order valence-electron chi connectivity index (χ1n) is 9.09. The molecule has 0 aliphatic heterocycles. The summed E-state index contributed by atoms with van der Waals surface area (Å²) in [7, 11) is 0. The van der Waals surface area contributed by atoms with Crippen LogP contribution in [0.5, 0.6) is 0 Å². The molecule has 0 fully saturated rings. The number of hydrogen-bond acceptors (Lipinski definition) is 3. The zero-order valence-corrected chi connectivity index (χ0v) is 16.3. The van der Waals surface area contributed by atoms with Gasteiger partial charge in [-0.2, -0.15) is 0 Å². The molecule has 138 valence electrons. The molecule has 27 heavy (non-hydrogen) atoms. The minimum Gasteiger partial charge on any atom is -0.396 e. The number of rotatable bonds is 5. The van der Waals surface area contributed by atoms with Crippen molar-refractivity contribution in [3.8, 4) is 11.3 Å². The van der Waals surface area contributed by atoms with Gasteiger partial charge in [-0.15, -0.1) is 0 Å². The fourth-order valence-electron chi connectivity index (χ4n) is 3.53. The Morgan fingerprint density at radius 2 is 1.81 bits per heavy atom. The molecular formula is C22H20Cl2N2O. The molecule has 0 unspecified atom stereocenters.